The van der Waals surface area contributed by atoms with Crippen LogP contribution in [0.5, 0.6) is 0 Å². The van der Waals surface area contributed by atoms with E-state index in [2.05, 4.69) is 25.9 Å². The quantitative estimate of drug-likeness (QED) is 0.636. The molecule has 0 atom stereocenters. The first-order valence-electron chi connectivity index (χ1n) is 5.33. The van der Waals surface area contributed by atoms with Gasteiger partial charge < -0.3 is 0 Å². The number of hydrogen-bond acceptors (Lipinski definition) is 4. The monoisotopic (exact) mass is 322 g/mol. The molecule has 92 valence electrons. The maximum Gasteiger partial charge on any atom is 0.192 e. The summed E-state index contributed by atoms with van der Waals surface area (Å²) in [6.45, 7) is 3.90. The number of aryl methyl sites for hydroxylation is 2. The standard InChI is InChI=1S/C13H11BrN2OS/c1-8-5-9(2)16-13(15-8)18-11-4-3-10(7-17)12(14)6-11/h3-7H,1-2H3. The molecular formula is C13H11BrN2OS. The van der Waals surface area contributed by atoms with E-state index >= 15 is 0 Å². The van der Waals surface area contributed by atoms with Crippen LogP contribution in [0.2, 0.25) is 0 Å². The molecule has 1 aromatic heterocycles. The minimum absolute atomic E-state index is 0.640. The van der Waals surface area contributed by atoms with Crippen molar-refractivity contribution in [3.05, 3.63) is 45.7 Å². The summed E-state index contributed by atoms with van der Waals surface area (Å²) >= 11 is 4.85. The maximum absolute atomic E-state index is 10.7. The molecule has 3 nitrogen and oxygen atoms in total. The van der Waals surface area contributed by atoms with Gasteiger partial charge >= 0.3 is 0 Å². The van der Waals surface area contributed by atoms with E-state index in [1.807, 2.05) is 32.0 Å². The number of aromatic nitrogens is 2. The van der Waals surface area contributed by atoms with E-state index in [9.17, 15) is 4.79 Å². The second-order valence-electron chi connectivity index (χ2n) is 3.84. The lowest BCUT2D eigenvalue weighted by Crippen LogP contribution is -1.92. The Morgan fingerprint density at radius 1 is 1.17 bits per heavy atom. The Balaban J connectivity index is 2.28. The second kappa shape index (κ2) is 5.63. The highest BCUT2D eigenvalue weighted by Gasteiger charge is 2.05. The normalized spacial score (nSPS) is 10.4. The first-order chi connectivity index (χ1) is 8.58. The predicted molar refractivity (Wildman–Crippen MR) is 75.2 cm³/mol. The third kappa shape index (κ3) is 3.17. The molecule has 0 aliphatic carbocycles. The minimum Gasteiger partial charge on any atom is -0.298 e. The van der Waals surface area contributed by atoms with Crippen molar-refractivity contribution in [3.8, 4) is 0 Å². The Bertz CT molecular complexity index is 581. The second-order valence-corrected chi connectivity index (χ2v) is 5.73. The third-order valence-electron chi connectivity index (χ3n) is 2.27. The van der Waals surface area contributed by atoms with Gasteiger partial charge in [-0.05, 0) is 49.9 Å². The van der Waals surface area contributed by atoms with E-state index in [-0.39, 0.29) is 0 Å². The van der Waals surface area contributed by atoms with Gasteiger partial charge in [0, 0.05) is 26.3 Å². The van der Waals surface area contributed by atoms with Crippen molar-refractivity contribution in [1.29, 1.82) is 0 Å². The Labute approximate surface area is 118 Å². The van der Waals surface area contributed by atoms with Crippen molar-refractivity contribution in [1.82, 2.24) is 9.97 Å². The summed E-state index contributed by atoms with van der Waals surface area (Å²) in [6, 6.07) is 7.51. The van der Waals surface area contributed by atoms with Crippen molar-refractivity contribution in [3.63, 3.8) is 0 Å². The van der Waals surface area contributed by atoms with E-state index in [1.165, 1.54) is 11.8 Å². The Hall–Kier alpha value is -1.20. The van der Waals surface area contributed by atoms with Gasteiger partial charge in [-0.1, -0.05) is 15.9 Å². The number of carbonyl (C=O) groups excluding carboxylic acids is 1. The zero-order valence-corrected chi connectivity index (χ0v) is 12.4. The van der Waals surface area contributed by atoms with Crippen LogP contribution in [0.4, 0.5) is 0 Å². The summed E-state index contributed by atoms with van der Waals surface area (Å²) in [5.74, 6) is 0. The molecule has 0 saturated carbocycles. The first kappa shape index (κ1) is 13.2. The molecule has 0 N–H and O–H groups in total. The van der Waals surface area contributed by atoms with Gasteiger partial charge in [0.15, 0.2) is 11.4 Å². The van der Waals surface area contributed by atoms with Gasteiger partial charge in [-0.2, -0.15) is 0 Å². The molecule has 0 aliphatic heterocycles. The van der Waals surface area contributed by atoms with Gasteiger partial charge in [-0.25, -0.2) is 9.97 Å². The number of benzene rings is 1. The van der Waals surface area contributed by atoms with Crippen LogP contribution >= 0.6 is 27.7 Å². The summed E-state index contributed by atoms with van der Waals surface area (Å²) in [6.07, 6.45) is 0.825. The molecule has 0 unspecified atom stereocenters. The molecule has 2 rings (SSSR count). The highest BCUT2D eigenvalue weighted by Crippen LogP contribution is 2.28. The van der Waals surface area contributed by atoms with Crippen LogP contribution in [0.25, 0.3) is 0 Å². The number of rotatable bonds is 3. The average Bonchev–Trinajstić information content (AvgIpc) is 2.27. The Morgan fingerprint density at radius 2 is 1.83 bits per heavy atom. The van der Waals surface area contributed by atoms with E-state index < -0.39 is 0 Å². The van der Waals surface area contributed by atoms with Crippen LogP contribution in [0.15, 0.2) is 38.8 Å². The summed E-state index contributed by atoms with van der Waals surface area (Å²) in [5.41, 5.74) is 2.54. The molecule has 0 fully saturated rings. The van der Waals surface area contributed by atoms with Crippen LogP contribution in [0, 0.1) is 13.8 Å². The molecule has 0 saturated heterocycles. The summed E-state index contributed by atoms with van der Waals surface area (Å²) < 4.78 is 0.784. The van der Waals surface area contributed by atoms with Crippen LogP contribution in [0.1, 0.15) is 21.7 Å². The Kier molecular flexibility index (Phi) is 4.14. The highest BCUT2D eigenvalue weighted by atomic mass is 79.9. The van der Waals surface area contributed by atoms with Crippen molar-refractivity contribution in [2.75, 3.05) is 0 Å². The fourth-order valence-electron chi connectivity index (χ4n) is 1.51. The Morgan fingerprint density at radius 3 is 2.39 bits per heavy atom. The largest absolute Gasteiger partial charge is 0.298 e. The van der Waals surface area contributed by atoms with Crippen LogP contribution < -0.4 is 0 Å². The lowest BCUT2D eigenvalue weighted by Gasteiger charge is -2.04. The zero-order valence-electron chi connectivity index (χ0n) is 9.98. The van der Waals surface area contributed by atoms with Crippen LogP contribution in [-0.4, -0.2) is 16.3 Å². The van der Waals surface area contributed by atoms with Gasteiger partial charge in [0.1, 0.15) is 0 Å². The molecule has 0 spiro atoms. The lowest BCUT2D eigenvalue weighted by molar-refractivity contribution is 0.112. The van der Waals surface area contributed by atoms with Gasteiger partial charge in [-0.15, -0.1) is 0 Å². The molecular weight excluding hydrogens is 312 g/mol. The predicted octanol–water partition coefficient (Wildman–Crippen LogP) is 3.82. The lowest BCUT2D eigenvalue weighted by atomic mass is 10.2. The molecule has 5 heteroatoms. The van der Waals surface area contributed by atoms with Crippen molar-refractivity contribution < 1.29 is 4.79 Å². The van der Waals surface area contributed by atoms with Crippen molar-refractivity contribution >= 4 is 34.0 Å². The average molecular weight is 323 g/mol. The first-order valence-corrected chi connectivity index (χ1v) is 6.94. The summed E-state index contributed by atoms with van der Waals surface area (Å²) in [5, 5.41) is 0.721. The van der Waals surface area contributed by atoms with E-state index in [0.717, 1.165) is 32.2 Å². The van der Waals surface area contributed by atoms with Gasteiger partial charge in [0.2, 0.25) is 0 Å². The van der Waals surface area contributed by atoms with E-state index in [1.54, 1.807) is 6.07 Å². The molecule has 0 aliphatic rings. The van der Waals surface area contributed by atoms with Gasteiger partial charge in [0.05, 0.1) is 0 Å². The zero-order chi connectivity index (χ0) is 13.1. The van der Waals surface area contributed by atoms with E-state index in [4.69, 9.17) is 0 Å². The SMILES string of the molecule is Cc1cc(C)nc(Sc2ccc(C=O)c(Br)c2)n1. The van der Waals surface area contributed by atoms with Crippen LogP contribution in [-0.2, 0) is 0 Å². The molecule has 0 amide bonds. The van der Waals surface area contributed by atoms with Crippen molar-refractivity contribution in [2.45, 2.75) is 23.9 Å². The van der Waals surface area contributed by atoms with Gasteiger partial charge in [0.25, 0.3) is 0 Å². The molecule has 1 heterocycles. The summed E-state index contributed by atoms with van der Waals surface area (Å²) in [4.78, 5) is 20.5. The number of halogens is 1. The number of carbonyl (C=O) groups is 1. The van der Waals surface area contributed by atoms with Gasteiger partial charge in [-0.3, -0.25) is 4.79 Å². The molecule has 2 aromatic rings. The molecule has 0 bridgehead atoms. The number of hydrogen-bond donors (Lipinski definition) is 0. The maximum atomic E-state index is 10.7. The fraction of sp³-hybridized carbons (Fsp3) is 0.154. The molecule has 0 radical (unpaired) electrons. The molecule has 18 heavy (non-hydrogen) atoms. The smallest absolute Gasteiger partial charge is 0.192 e. The third-order valence-corrected chi connectivity index (χ3v) is 3.81. The summed E-state index contributed by atoms with van der Waals surface area (Å²) in [7, 11) is 0. The number of nitrogens with zero attached hydrogens (tertiary/aromatic N) is 2. The fourth-order valence-corrected chi connectivity index (χ4v) is 3.04. The number of aldehydes is 1. The highest BCUT2D eigenvalue weighted by molar-refractivity contribution is 9.10. The topological polar surface area (TPSA) is 42.9 Å². The van der Waals surface area contributed by atoms with E-state index in [0.29, 0.717) is 5.56 Å². The van der Waals surface area contributed by atoms with Crippen molar-refractivity contribution in [2.24, 2.45) is 0 Å². The van der Waals surface area contributed by atoms with Crippen LogP contribution in [0.3, 0.4) is 0 Å². The minimum atomic E-state index is 0.640. The molecule has 1 aromatic carbocycles.